The Labute approximate surface area is 130 Å². The molecule has 0 aliphatic carbocycles. The van der Waals surface area contributed by atoms with E-state index in [0.717, 1.165) is 12.1 Å². The molecule has 0 atom stereocenters. The summed E-state index contributed by atoms with van der Waals surface area (Å²) in [5.41, 5.74) is -2.37. The van der Waals surface area contributed by atoms with Crippen molar-refractivity contribution in [1.82, 2.24) is 20.6 Å². The zero-order chi connectivity index (χ0) is 18.0. The van der Waals surface area contributed by atoms with Crippen molar-refractivity contribution in [3.05, 3.63) is 41.0 Å². The van der Waals surface area contributed by atoms with Crippen LogP contribution in [-0.2, 0) is 12.7 Å². The zero-order valence-corrected chi connectivity index (χ0v) is 11.7. The van der Waals surface area contributed by atoms with Crippen LogP contribution in [-0.4, -0.2) is 33.3 Å². The van der Waals surface area contributed by atoms with Crippen molar-refractivity contribution in [2.45, 2.75) is 18.9 Å². The smallest absolute Gasteiger partial charge is 0.355 e. The highest BCUT2D eigenvalue weighted by Gasteiger charge is 2.36. The predicted octanol–water partition coefficient (Wildman–Crippen LogP) is 3.34. The molecule has 1 aromatic heterocycles. The Hall–Kier alpha value is -2.84. The summed E-state index contributed by atoms with van der Waals surface area (Å²) in [7, 11) is 0. The van der Waals surface area contributed by atoms with Gasteiger partial charge in [0.1, 0.15) is 6.54 Å². The van der Waals surface area contributed by atoms with E-state index >= 15 is 0 Å². The number of aromatic nitrogens is 4. The van der Waals surface area contributed by atoms with Crippen LogP contribution in [0.25, 0.3) is 4.85 Å². The van der Waals surface area contributed by atoms with E-state index < -0.39 is 36.7 Å². The molecule has 128 valence electrons. The summed E-state index contributed by atoms with van der Waals surface area (Å²) in [6, 6.07) is 2.33. The first kappa shape index (κ1) is 17.5. The maximum Gasteiger partial charge on any atom is 0.407 e. The van der Waals surface area contributed by atoms with Crippen molar-refractivity contribution in [2.75, 3.05) is 11.4 Å². The summed E-state index contributed by atoms with van der Waals surface area (Å²) in [5.74, 6) is -0.123. The van der Waals surface area contributed by atoms with Gasteiger partial charge in [-0.25, -0.2) is 4.85 Å². The Balaban J connectivity index is 2.44. The number of hydrogen-bond acceptors (Lipinski definition) is 4. The van der Waals surface area contributed by atoms with Gasteiger partial charge in [-0.1, -0.05) is 11.3 Å². The quantitative estimate of drug-likeness (QED) is 0.679. The molecular formula is C12H8F6N6. The predicted molar refractivity (Wildman–Crippen MR) is 69.0 cm³/mol. The van der Waals surface area contributed by atoms with E-state index in [9.17, 15) is 26.3 Å². The van der Waals surface area contributed by atoms with E-state index in [1.807, 2.05) is 0 Å². The molecule has 0 aliphatic heterocycles. The van der Waals surface area contributed by atoms with Gasteiger partial charge in [0.05, 0.1) is 18.7 Å². The number of nitrogens with one attached hydrogen (secondary N) is 1. The minimum absolute atomic E-state index is 0.123. The molecule has 12 heteroatoms. The average Bonchev–Trinajstić information content (AvgIpc) is 2.96. The Morgan fingerprint density at radius 3 is 2.38 bits per heavy atom. The zero-order valence-electron chi connectivity index (χ0n) is 11.7. The Bertz CT molecular complexity index is 730. The largest absolute Gasteiger partial charge is 0.407 e. The summed E-state index contributed by atoms with van der Waals surface area (Å²) < 4.78 is 77.1. The average molecular weight is 350 g/mol. The van der Waals surface area contributed by atoms with Crippen molar-refractivity contribution in [2.24, 2.45) is 0 Å². The van der Waals surface area contributed by atoms with E-state index in [2.05, 4.69) is 25.5 Å². The first-order valence-corrected chi connectivity index (χ1v) is 6.23. The van der Waals surface area contributed by atoms with Gasteiger partial charge >= 0.3 is 12.4 Å². The summed E-state index contributed by atoms with van der Waals surface area (Å²) in [4.78, 5) is 3.36. The third-order valence-corrected chi connectivity index (χ3v) is 2.86. The fourth-order valence-electron chi connectivity index (χ4n) is 1.92. The van der Waals surface area contributed by atoms with Crippen LogP contribution < -0.4 is 4.90 Å². The summed E-state index contributed by atoms with van der Waals surface area (Å²) >= 11 is 0. The van der Waals surface area contributed by atoms with E-state index in [-0.39, 0.29) is 11.5 Å². The monoisotopic (exact) mass is 350 g/mol. The first-order valence-electron chi connectivity index (χ1n) is 6.23. The molecule has 0 unspecified atom stereocenters. The number of hydrogen-bond donors (Lipinski definition) is 1. The van der Waals surface area contributed by atoms with Gasteiger partial charge in [-0.3, -0.25) is 0 Å². The van der Waals surface area contributed by atoms with Crippen LogP contribution in [0, 0.1) is 6.57 Å². The Morgan fingerprint density at radius 1 is 1.17 bits per heavy atom. The Morgan fingerprint density at radius 2 is 1.88 bits per heavy atom. The minimum Gasteiger partial charge on any atom is -0.355 e. The number of nitrogens with zero attached hydrogens (tertiary/aromatic N) is 5. The molecule has 0 aliphatic rings. The third kappa shape index (κ3) is 4.34. The normalized spacial score (nSPS) is 12.0. The van der Waals surface area contributed by atoms with E-state index in [1.165, 1.54) is 0 Å². The van der Waals surface area contributed by atoms with E-state index in [1.54, 1.807) is 0 Å². The SMILES string of the molecule is [C-]#[N+]c1ccc(N(Cc2nn[nH]n2)CC(F)(F)F)cc1C(F)(F)F. The van der Waals surface area contributed by atoms with Gasteiger partial charge < -0.3 is 4.90 Å². The summed E-state index contributed by atoms with van der Waals surface area (Å²) in [6.45, 7) is 4.72. The molecular weight excluding hydrogens is 342 g/mol. The molecule has 0 saturated heterocycles. The number of anilines is 1. The molecule has 1 N–H and O–H groups in total. The van der Waals surface area contributed by atoms with Crippen molar-refractivity contribution < 1.29 is 26.3 Å². The highest BCUT2D eigenvalue weighted by molar-refractivity contribution is 5.62. The van der Waals surface area contributed by atoms with Crippen molar-refractivity contribution in [3.8, 4) is 0 Å². The van der Waals surface area contributed by atoms with Crippen LogP contribution in [0.5, 0.6) is 0 Å². The number of alkyl halides is 6. The molecule has 0 saturated carbocycles. The van der Waals surface area contributed by atoms with Gasteiger partial charge in [0, 0.05) is 5.69 Å². The molecule has 0 bridgehead atoms. The lowest BCUT2D eigenvalue weighted by atomic mass is 10.1. The van der Waals surface area contributed by atoms with Crippen LogP contribution in [0.2, 0.25) is 0 Å². The van der Waals surface area contributed by atoms with E-state index in [0.29, 0.717) is 11.0 Å². The lowest BCUT2D eigenvalue weighted by Gasteiger charge is -2.25. The summed E-state index contributed by atoms with van der Waals surface area (Å²) in [5, 5.41) is 12.2. The fraction of sp³-hybridized carbons (Fsp3) is 0.333. The van der Waals surface area contributed by atoms with Crippen LogP contribution >= 0.6 is 0 Å². The number of tetrazole rings is 1. The maximum absolute atomic E-state index is 13.0. The van der Waals surface area contributed by atoms with Crippen molar-refractivity contribution in [3.63, 3.8) is 0 Å². The minimum atomic E-state index is -4.87. The molecule has 0 spiro atoms. The van der Waals surface area contributed by atoms with Gasteiger partial charge in [-0.2, -0.15) is 31.6 Å². The van der Waals surface area contributed by atoms with Crippen LogP contribution in [0.15, 0.2) is 18.2 Å². The fourth-order valence-corrected chi connectivity index (χ4v) is 1.92. The molecule has 0 amide bonds. The highest BCUT2D eigenvalue weighted by atomic mass is 19.4. The van der Waals surface area contributed by atoms with Crippen molar-refractivity contribution in [1.29, 1.82) is 0 Å². The van der Waals surface area contributed by atoms with Crippen molar-refractivity contribution >= 4 is 11.4 Å². The Kier molecular flexibility index (Phi) is 4.63. The first-order chi connectivity index (χ1) is 11.1. The number of aromatic amines is 1. The molecule has 0 fully saturated rings. The van der Waals surface area contributed by atoms with Gasteiger partial charge in [0.25, 0.3) is 0 Å². The topological polar surface area (TPSA) is 62.1 Å². The highest BCUT2D eigenvalue weighted by Crippen LogP contribution is 2.39. The second kappa shape index (κ2) is 6.34. The number of benzene rings is 1. The van der Waals surface area contributed by atoms with Crippen LogP contribution in [0.4, 0.5) is 37.7 Å². The lowest BCUT2D eigenvalue weighted by Crippen LogP contribution is -2.34. The lowest BCUT2D eigenvalue weighted by molar-refractivity contribution is -0.136. The number of halogens is 6. The molecule has 24 heavy (non-hydrogen) atoms. The number of rotatable bonds is 4. The second-order valence-corrected chi connectivity index (χ2v) is 4.61. The molecule has 1 heterocycles. The standard InChI is InChI=1S/C12H8F6N6/c1-19-9-3-2-7(4-8(9)12(16,17)18)24(6-11(13,14)15)5-10-20-22-23-21-10/h2-4H,5-6H2,(H,20,21,22,23). The van der Waals surface area contributed by atoms with Gasteiger partial charge in [-0.15, -0.1) is 10.2 Å². The maximum atomic E-state index is 13.0. The van der Waals surface area contributed by atoms with Crippen LogP contribution in [0.1, 0.15) is 11.4 Å². The van der Waals surface area contributed by atoms with Gasteiger partial charge in [-0.05, 0) is 12.1 Å². The molecule has 2 aromatic rings. The van der Waals surface area contributed by atoms with Gasteiger partial charge in [0.2, 0.25) is 0 Å². The molecule has 1 aromatic carbocycles. The third-order valence-electron chi connectivity index (χ3n) is 2.86. The number of H-pyrrole nitrogens is 1. The molecule has 0 radical (unpaired) electrons. The second-order valence-electron chi connectivity index (χ2n) is 4.61. The van der Waals surface area contributed by atoms with E-state index in [4.69, 9.17) is 6.57 Å². The van der Waals surface area contributed by atoms with Crippen LogP contribution in [0.3, 0.4) is 0 Å². The molecule has 2 rings (SSSR count). The van der Waals surface area contributed by atoms with Gasteiger partial charge in [0.15, 0.2) is 11.5 Å². The summed E-state index contributed by atoms with van der Waals surface area (Å²) in [6.07, 6.45) is -9.54. The molecule has 6 nitrogen and oxygen atoms in total.